The Morgan fingerprint density at radius 3 is 2.30 bits per heavy atom. The Morgan fingerprint density at radius 1 is 0.926 bits per heavy atom. The van der Waals surface area contributed by atoms with Gasteiger partial charge in [-0.25, -0.2) is 4.39 Å². The fourth-order valence-electron chi connectivity index (χ4n) is 3.21. The highest BCUT2D eigenvalue weighted by Gasteiger charge is 2.33. The molecule has 3 aromatic rings. The second-order valence-electron chi connectivity index (χ2n) is 6.47. The molecule has 4 heteroatoms. The molecule has 0 bridgehead atoms. The van der Waals surface area contributed by atoms with Gasteiger partial charge in [-0.05, 0) is 61.0 Å². The van der Waals surface area contributed by atoms with E-state index < -0.39 is 0 Å². The van der Waals surface area contributed by atoms with Crippen LogP contribution in [0, 0.1) is 12.7 Å². The molecule has 1 aliphatic heterocycles. The summed E-state index contributed by atoms with van der Waals surface area (Å²) in [5, 5.41) is 0. The van der Waals surface area contributed by atoms with Gasteiger partial charge in [-0.3, -0.25) is 9.69 Å². The largest absolute Gasteiger partial charge is 0.497 e. The number of halogens is 1. The number of nitrogens with zero attached hydrogens (tertiary/aromatic N) is 1. The molecular formula is C23H18FNO2. The molecule has 27 heavy (non-hydrogen) atoms. The normalized spacial score (nSPS) is 14.6. The molecule has 134 valence electrons. The highest BCUT2D eigenvalue weighted by Crippen LogP contribution is 2.39. The van der Waals surface area contributed by atoms with Crippen molar-refractivity contribution in [2.45, 2.75) is 6.92 Å². The molecule has 3 aromatic carbocycles. The monoisotopic (exact) mass is 359 g/mol. The Kier molecular flexibility index (Phi) is 4.24. The predicted octanol–water partition coefficient (Wildman–Crippen LogP) is 5.30. The number of aryl methyl sites for hydroxylation is 1. The van der Waals surface area contributed by atoms with Crippen LogP contribution in [0.25, 0.3) is 11.8 Å². The summed E-state index contributed by atoms with van der Waals surface area (Å²) >= 11 is 0. The van der Waals surface area contributed by atoms with E-state index in [2.05, 4.69) is 0 Å². The summed E-state index contributed by atoms with van der Waals surface area (Å²) in [6.07, 6.45) is 1.97. The van der Waals surface area contributed by atoms with Gasteiger partial charge < -0.3 is 4.74 Å². The fraction of sp³-hybridized carbons (Fsp3) is 0.0870. The van der Waals surface area contributed by atoms with Crippen LogP contribution in [0.3, 0.4) is 0 Å². The minimum atomic E-state index is -0.339. The Bertz CT molecular complexity index is 1040. The van der Waals surface area contributed by atoms with E-state index in [1.165, 1.54) is 17.7 Å². The highest BCUT2D eigenvalue weighted by molar-refractivity contribution is 6.24. The van der Waals surface area contributed by atoms with Crippen molar-refractivity contribution in [3.8, 4) is 5.75 Å². The van der Waals surface area contributed by atoms with Crippen LogP contribution in [0.1, 0.15) is 27.0 Å². The van der Waals surface area contributed by atoms with Crippen LogP contribution in [0.2, 0.25) is 0 Å². The summed E-state index contributed by atoms with van der Waals surface area (Å²) in [5.74, 6) is 0.125. The van der Waals surface area contributed by atoms with Gasteiger partial charge in [0.15, 0.2) is 0 Å². The van der Waals surface area contributed by atoms with Crippen LogP contribution >= 0.6 is 0 Å². The van der Waals surface area contributed by atoms with E-state index >= 15 is 0 Å². The maximum atomic E-state index is 13.4. The summed E-state index contributed by atoms with van der Waals surface area (Å²) < 4.78 is 18.7. The molecule has 0 unspecified atom stereocenters. The maximum absolute atomic E-state index is 13.4. The minimum Gasteiger partial charge on any atom is -0.497 e. The Hall–Kier alpha value is -3.40. The third-order valence-electron chi connectivity index (χ3n) is 4.64. The lowest BCUT2D eigenvalue weighted by molar-refractivity contribution is 0.101. The molecule has 0 saturated carbocycles. The lowest BCUT2D eigenvalue weighted by atomic mass is 10.1. The van der Waals surface area contributed by atoms with Crippen molar-refractivity contribution in [1.82, 2.24) is 0 Å². The van der Waals surface area contributed by atoms with Crippen molar-refractivity contribution in [3.05, 3.63) is 94.8 Å². The molecule has 4 rings (SSSR count). The first-order valence-corrected chi connectivity index (χ1v) is 8.63. The number of hydrogen-bond acceptors (Lipinski definition) is 2. The molecule has 1 amide bonds. The van der Waals surface area contributed by atoms with Gasteiger partial charge in [-0.1, -0.05) is 29.8 Å². The molecule has 0 fully saturated rings. The van der Waals surface area contributed by atoms with Gasteiger partial charge in [0.25, 0.3) is 5.91 Å². The number of benzene rings is 3. The first kappa shape index (κ1) is 17.0. The van der Waals surface area contributed by atoms with Gasteiger partial charge in [0.2, 0.25) is 0 Å². The lowest BCUT2D eigenvalue weighted by Crippen LogP contribution is -2.22. The molecular weight excluding hydrogens is 341 g/mol. The Labute approximate surface area is 157 Å². The lowest BCUT2D eigenvalue weighted by Gasteiger charge is -2.18. The zero-order valence-corrected chi connectivity index (χ0v) is 15.1. The Balaban J connectivity index is 1.89. The molecule has 0 atom stereocenters. The van der Waals surface area contributed by atoms with Gasteiger partial charge in [-0.2, -0.15) is 0 Å². The Morgan fingerprint density at radius 2 is 1.63 bits per heavy atom. The number of carbonyl (C=O) groups is 1. The third kappa shape index (κ3) is 3.10. The quantitative estimate of drug-likeness (QED) is 0.635. The van der Waals surface area contributed by atoms with Gasteiger partial charge in [0.05, 0.1) is 18.4 Å². The predicted molar refractivity (Wildman–Crippen MR) is 105 cm³/mol. The van der Waals surface area contributed by atoms with Crippen LogP contribution in [0.5, 0.6) is 5.75 Å². The topological polar surface area (TPSA) is 29.5 Å². The first-order chi connectivity index (χ1) is 13.1. The van der Waals surface area contributed by atoms with E-state index in [0.29, 0.717) is 17.0 Å². The van der Waals surface area contributed by atoms with Gasteiger partial charge in [-0.15, -0.1) is 0 Å². The zero-order chi connectivity index (χ0) is 19.0. The molecule has 1 aliphatic rings. The highest BCUT2D eigenvalue weighted by atomic mass is 19.1. The van der Waals surface area contributed by atoms with Crippen LogP contribution in [0.4, 0.5) is 10.1 Å². The zero-order valence-electron chi connectivity index (χ0n) is 15.1. The van der Waals surface area contributed by atoms with Crippen LogP contribution in [-0.2, 0) is 0 Å². The number of anilines is 1. The summed E-state index contributed by atoms with van der Waals surface area (Å²) in [7, 11) is 1.57. The number of amides is 1. The summed E-state index contributed by atoms with van der Waals surface area (Å²) in [4.78, 5) is 14.8. The fourth-order valence-corrected chi connectivity index (χ4v) is 3.21. The van der Waals surface area contributed by atoms with Crippen molar-refractivity contribution in [3.63, 3.8) is 0 Å². The molecule has 0 N–H and O–H groups in total. The number of ether oxygens (including phenoxy) is 1. The van der Waals surface area contributed by atoms with E-state index in [4.69, 9.17) is 4.74 Å². The molecule has 0 spiro atoms. The van der Waals surface area contributed by atoms with E-state index in [-0.39, 0.29) is 11.7 Å². The average molecular weight is 359 g/mol. The van der Waals surface area contributed by atoms with Crippen LogP contribution in [-0.4, -0.2) is 13.0 Å². The molecule has 3 nitrogen and oxygen atoms in total. The average Bonchev–Trinajstić information content (AvgIpc) is 2.95. The molecule has 0 radical (unpaired) electrons. The van der Waals surface area contributed by atoms with Gasteiger partial charge in [0, 0.05) is 11.3 Å². The van der Waals surface area contributed by atoms with Crippen molar-refractivity contribution in [2.24, 2.45) is 0 Å². The number of rotatable bonds is 3. The summed E-state index contributed by atoms with van der Waals surface area (Å²) in [6, 6.07) is 19.5. The molecule has 0 aromatic heterocycles. The summed E-state index contributed by atoms with van der Waals surface area (Å²) in [5.41, 5.74) is 4.92. The van der Waals surface area contributed by atoms with Crippen LogP contribution in [0.15, 0.2) is 66.7 Å². The van der Waals surface area contributed by atoms with E-state index in [1.54, 1.807) is 30.2 Å². The van der Waals surface area contributed by atoms with E-state index in [1.807, 2.05) is 49.4 Å². The molecule has 1 heterocycles. The second kappa shape index (κ2) is 6.72. The maximum Gasteiger partial charge on any atom is 0.263 e. The number of fused-ring (bicyclic) bond motifs is 1. The van der Waals surface area contributed by atoms with Crippen molar-refractivity contribution < 1.29 is 13.9 Å². The van der Waals surface area contributed by atoms with Crippen molar-refractivity contribution >= 4 is 23.4 Å². The standard InChI is InChI=1S/C23H18FNO2/c1-15-3-5-16(6-4-15)13-22-20-12-11-19(27-2)14-21(20)23(26)25(22)18-9-7-17(24)8-10-18/h3-14H,1-2H3/b22-13+. The number of carbonyl (C=O) groups excluding carboxylic acids is 1. The van der Waals surface area contributed by atoms with Gasteiger partial charge in [0.1, 0.15) is 11.6 Å². The van der Waals surface area contributed by atoms with Crippen LogP contribution < -0.4 is 9.64 Å². The first-order valence-electron chi connectivity index (χ1n) is 8.63. The second-order valence-corrected chi connectivity index (χ2v) is 6.47. The number of hydrogen-bond donors (Lipinski definition) is 0. The minimum absolute atomic E-state index is 0.158. The smallest absolute Gasteiger partial charge is 0.263 e. The van der Waals surface area contributed by atoms with Gasteiger partial charge >= 0.3 is 0 Å². The molecule has 0 saturated heterocycles. The third-order valence-corrected chi connectivity index (χ3v) is 4.64. The van der Waals surface area contributed by atoms with E-state index in [9.17, 15) is 9.18 Å². The van der Waals surface area contributed by atoms with E-state index in [0.717, 1.165) is 16.8 Å². The SMILES string of the molecule is COc1ccc2c(c1)C(=O)N(c1ccc(F)cc1)/C2=C/c1ccc(C)cc1. The number of methoxy groups -OCH3 is 1. The summed E-state index contributed by atoms with van der Waals surface area (Å²) in [6.45, 7) is 2.03. The van der Waals surface area contributed by atoms with Crippen molar-refractivity contribution in [1.29, 1.82) is 0 Å². The van der Waals surface area contributed by atoms with Crippen molar-refractivity contribution in [2.75, 3.05) is 12.0 Å². The molecule has 0 aliphatic carbocycles.